The molecule has 1 aromatic carbocycles. The van der Waals surface area contributed by atoms with Crippen LogP contribution in [0.5, 0.6) is 0 Å². The number of aryl methyl sites for hydroxylation is 2. The molecule has 1 heterocycles. The van der Waals surface area contributed by atoms with E-state index in [1.54, 1.807) is 13.1 Å². The van der Waals surface area contributed by atoms with Crippen LogP contribution in [0.15, 0.2) is 41.4 Å². The zero-order valence-electron chi connectivity index (χ0n) is 14.2. The highest BCUT2D eigenvalue weighted by Crippen LogP contribution is 2.14. The van der Waals surface area contributed by atoms with E-state index in [2.05, 4.69) is 15.0 Å². The molecule has 0 aliphatic heterocycles. The Morgan fingerprint density at radius 2 is 1.96 bits per heavy atom. The van der Waals surface area contributed by atoms with Crippen LogP contribution >= 0.6 is 0 Å². The van der Waals surface area contributed by atoms with Crippen LogP contribution in [0, 0.1) is 19.7 Å². The molecule has 0 bridgehead atoms. The van der Waals surface area contributed by atoms with E-state index in [-0.39, 0.29) is 16.5 Å². The highest BCUT2D eigenvalue weighted by Gasteiger charge is 2.17. The van der Waals surface area contributed by atoms with Crippen molar-refractivity contribution in [1.82, 2.24) is 15.0 Å². The van der Waals surface area contributed by atoms with Gasteiger partial charge in [0.05, 0.1) is 17.5 Å². The fourth-order valence-electron chi connectivity index (χ4n) is 2.14. The van der Waals surface area contributed by atoms with Gasteiger partial charge in [0.1, 0.15) is 5.82 Å². The van der Waals surface area contributed by atoms with E-state index >= 15 is 0 Å². The molecule has 2 aromatic rings. The lowest BCUT2D eigenvalue weighted by molar-refractivity contribution is -0.120. The maximum atomic E-state index is 13.2. The number of pyridine rings is 1. The van der Waals surface area contributed by atoms with Crippen LogP contribution in [0.2, 0.25) is 0 Å². The van der Waals surface area contributed by atoms with E-state index in [9.17, 15) is 17.6 Å². The quantitative estimate of drug-likeness (QED) is 0.819. The molecule has 0 saturated heterocycles. The fourth-order valence-corrected chi connectivity index (χ4v) is 3.21. The first-order valence-electron chi connectivity index (χ1n) is 7.67. The number of hydrogen-bond acceptors (Lipinski definition) is 4. The number of benzene rings is 1. The Labute approximate surface area is 146 Å². The molecule has 1 amide bonds. The summed E-state index contributed by atoms with van der Waals surface area (Å²) in [6, 6.07) is 6.82. The predicted octanol–water partition coefficient (Wildman–Crippen LogP) is 1.99. The van der Waals surface area contributed by atoms with Gasteiger partial charge in [-0.2, -0.15) is 0 Å². The Morgan fingerprint density at radius 1 is 1.24 bits per heavy atom. The topological polar surface area (TPSA) is 88.2 Å². The first-order chi connectivity index (χ1) is 11.7. The minimum absolute atomic E-state index is 0.0880. The molecule has 1 unspecified atom stereocenters. The van der Waals surface area contributed by atoms with Crippen LogP contribution in [0.4, 0.5) is 4.39 Å². The zero-order valence-corrected chi connectivity index (χ0v) is 15.0. The predicted molar refractivity (Wildman–Crippen MR) is 91.9 cm³/mol. The summed E-state index contributed by atoms with van der Waals surface area (Å²) in [7, 11) is -3.89. The van der Waals surface area contributed by atoms with E-state index in [0.717, 1.165) is 23.4 Å². The third kappa shape index (κ3) is 5.07. The van der Waals surface area contributed by atoms with E-state index in [4.69, 9.17) is 0 Å². The monoisotopic (exact) mass is 365 g/mol. The van der Waals surface area contributed by atoms with Crippen molar-refractivity contribution in [3.63, 3.8) is 0 Å². The Morgan fingerprint density at radius 3 is 2.56 bits per heavy atom. The molecule has 2 N–H and O–H groups in total. The SMILES string of the molecule is Cc1ccc(C(C)NC(=O)CNS(=O)(=O)c2ccc(F)c(C)c2)cn1. The molecule has 8 heteroatoms. The van der Waals surface area contributed by atoms with Gasteiger partial charge in [-0.1, -0.05) is 6.07 Å². The molecule has 0 radical (unpaired) electrons. The highest BCUT2D eigenvalue weighted by molar-refractivity contribution is 7.89. The van der Waals surface area contributed by atoms with Gasteiger partial charge < -0.3 is 5.32 Å². The summed E-state index contributed by atoms with van der Waals surface area (Å²) >= 11 is 0. The van der Waals surface area contributed by atoms with Crippen LogP contribution in [-0.4, -0.2) is 25.9 Å². The minimum Gasteiger partial charge on any atom is -0.348 e. The van der Waals surface area contributed by atoms with Crippen molar-refractivity contribution in [2.45, 2.75) is 31.7 Å². The minimum atomic E-state index is -3.89. The third-order valence-electron chi connectivity index (χ3n) is 3.67. The largest absolute Gasteiger partial charge is 0.348 e. The summed E-state index contributed by atoms with van der Waals surface area (Å²) < 4.78 is 39.8. The third-order valence-corrected chi connectivity index (χ3v) is 5.07. The van der Waals surface area contributed by atoms with Crippen LogP contribution in [-0.2, 0) is 14.8 Å². The number of amides is 1. The number of nitrogens with one attached hydrogen (secondary N) is 2. The van der Waals surface area contributed by atoms with Gasteiger partial charge in [-0.3, -0.25) is 9.78 Å². The van der Waals surface area contributed by atoms with Crippen molar-refractivity contribution >= 4 is 15.9 Å². The molecule has 1 aromatic heterocycles. The van der Waals surface area contributed by atoms with Crippen molar-refractivity contribution < 1.29 is 17.6 Å². The first-order valence-corrected chi connectivity index (χ1v) is 9.15. The standard InChI is InChI=1S/C17H20FN3O3S/c1-11-8-15(6-7-16(11)18)25(23,24)20-10-17(22)21-13(3)14-5-4-12(2)19-9-14/h4-9,13,20H,10H2,1-3H3,(H,21,22). The number of hydrogen-bond donors (Lipinski definition) is 2. The molecule has 0 aliphatic carbocycles. The van der Waals surface area contributed by atoms with E-state index < -0.39 is 28.3 Å². The summed E-state index contributed by atoms with van der Waals surface area (Å²) in [6.07, 6.45) is 1.66. The van der Waals surface area contributed by atoms with Crippen molar-refractivity contribution in [2.75, 3.05) is 6.54 Å². The molecule has 2 rings (SSSR count). The average molecular weight is 365 g/mol. The molecule has 0 aliphatic rings. The number of aromatic nitrogens is 1. The lowest BCUT2D eigenvalue weighted by Gasteiger charge is -2.14. The zero-order chi connectivity index (χ0) is 18.6. The van der Waals surface area contributed by atoms with Crippen molar-refractivity contribution in [2.24, 2.45) is 0 Å². The summed E-state index contributed by atoms with van der Waals surface area (Å²) in [5.74, 6) is -0.965. The maximum Gasteiger partial charge on any atom is 0.241 e. The smallest absolute Gasteiger partial charge is 0.241 e. The second kappa shape index (κ2) is 7.71. The number of nitrogens with zero attached hydrogens (tertiary/aromatic N) is 1. The Bertz CT molecular complexity index is 867. The van der Waals surface area contributed by atoms with Gasteiger partial charge in [0.15, 0.2) is 0 Å². The van der Waals surface area contributed by atoms with Crippen LogP contribution in [0.3, 0.4) is 0 Å². The lowest BCUT2D eigenvalue weighted by Crippen LogP contribution is -2.38. The molecule has 1 atom stereocenters. The van der Waals surface area contributed by atoms with Crippen LogP contribution < -0.4 is 10.0 Å². The van der Waals surface area contributed by atoms with Gasteiger partial charge >= 0.3 is 0 Å². The molecular formula is C17H20FN3O3S. The van der Waals surface area contributed by atoms with Gasteiger partial charge in [0.25, 0.3) is 0 Å². The molecule has 0 fully saturated rings. The van der Waals surface area contributed by atoms with Crippen LogP contribution in [0.1, 0.15) is 29.8 Å². The lowest BCUT2D eigenvalue weighted by atomic mass is 10.1. The first kappa shape index (κ1) is 19.0. The molecule has 0 saturated carbocycles. The van der Waals surface area contributed by atoms with Crippen molar-refractivity contribution in [3.05, 3.63) is 59.2 Å². The molecule has 134 valence electrons. The van der Waals surface area contributed by atoms with Crippen molar-refractivity contribution in [3.8, 4) is 0 Å². The summed E-state index contributed by atoms with van der Waals surface area (Å²) in [5.41, 5.74) is 1.90. The maximum absolute atomic E-state index is 13.2. The molecule has 6 nitrogen and oxygen atoms in total. The molecule has 0 spiro atoms. The van der Waals surface area contributed by atoms with Gasteiger partial charge in [-0.05, 0) is 56.2 Å². The summed E-state index contributed by atoms with van der Waals surface area (Å²) in [5, 5.41) is 2.69. The van der Waals surface area contributed by atoms with E-state index in [1.165, 1.54) is 13.0 Å². The average Bonchev–Trinajstić information content (AvgIpc) is 2.56. The van der Waals surface area contributed by atoms with Crippen molar-refractivity contribution in [1.29, 1.82) is 0 Å². The van der Waals surface area contributed by atoms with E-state index in [1.807, 2.05) is 19.1 Å². The van der Waals surface area contributed by atoms with E-state index in [0.29, 0.717) is 0 Å². The Kier molecular flexibility index (Phi) is 5.86. The number of halogens is 1. The second-order valence-electron chi connectivity index (χ2n) is 5.76. The van der Waals surface area contributed by atoms with Crippen LogP contribution in [0.25, 0.3) is 0 Å². The number of sulfonamides is 1. The van der Waals surface area contributed by atoms with Gasteiger partial charge in [-0.15, -0.1) is 0 Å². The second-order valence-corrected chi connectivity index (χ2v) is 7.52. The van der Waals surface area contributed by atoms with Gasteiger partial charge in [-0.25, -0.2) is 17.5 Å². The molecular weight excluding hydrogens is 345 g/mol. The summed E-state index contributed by atoms with van der Waals surface area (Å²) in [6.45, 7) is 4.70. The Balaban J connectivity index is 1.96. The normalized spacial score (nSPS) is 12.6. The number of carbonyl (C=O) groups excluding carboxylic acids is 1. The number of carbonyl (C=O) groups is 1. The Hall–Kier alpha value is -2.32. The highest BCUT2D eigenvalue weighted by atomic mass is 32.2. The van der Waals surface area contributed by atoms with Gasteiger partial charge in [0.2, 0.25) is 15.9 Å². The van der Waals surface area contributed by atoms with Gasteiger partial charge in [0, 0.05) is 11.9 Å². The summed E-state index contributed by atoms with van der Waals surface area (Å²) in [4.78, 5) is 16.0. The fraction of sp³-hybridized carbons (Fsp3) is 0.294. The number of rotatable bonds is 6. The molecule has 25 heavy (non-hydrogen) atoms.